The van der Waals surface area contributed by atoms with E-state index in [0.29, 0.717) is 0 Å². The second-order valence-electron chi connectivity index (χ2n) is 1.95. The van der Waals surface area contributed by atoms with Gasteiger partial charge in [-0.15, -0.1) is 11.3 Å². The molecule has 0 spiro atoms. The largest absolute Gasteiger partial charge is 0.392 e. The van der Waals surface area contributed by atoms with Crippen molar-refractivity contribution in [2.24, 2.45) is 0 Å². The van der Waals surface area contributed by atoms with Gasteiger partial charge in [0, 0.05) is 4.88 Å². The highest BCUT2D eigenvalue weighted by Crippen LogP contribution is 2.18. The minimum absolute atomic E-state index is 0.136. The molecule has 1 rings (SSSR count). The van der Waals surface area contributed by atoms with Gasteiger partial charge in [-0.25, -0.2) is 0 Å². The Bertz CT molecular complexity index is 211. The van der Waals surface area contributed by atoms with E-state index in [9.17, 15) is 0 Å². The van der Waals surface area contributed by atoms with Crippen LogP contribution in [-0.2, 0) is 0 Å². The van der Waals surface area contributed by atoms with Gasteiger partial charge in [0.15, 0.2) is 0 Å². The summed E-state index contributed by atoms with van der Waals surface area (Å²) in [6.45, 7) is 2.07. The Morgan fingerprint density at radius 1 is 1.80 bits per heavy atom. The van der Waals surface area contributed by atoms with E-state index in [1.54, 1.807) is 11.3 Å². The molecule has 0 unspecified atom stereocenters. The van der Waals surface area contributed by atoms with Crippen molar-refractivity contribution in [2.75, 3.05) is 6.61 Å². The molecule has 0 bridgehead atoms. The highest BCUT2D eigenvalue weighted by atomic mass is 32.1. The lowest BCUT2D eigenvalue weighted by Crippen LogP contribution is -1.84. The SMILES string of the molecule is C/C=C(/CO)c1cccs1. The average Bonchev–Trinajstić information content (AvgIpc) is 2.43. The summed E-state index contributed by atoms with van der Waals surface area (Å²) in [6, 6.07) is 4.00. The van der Waals surface area contributed by atoms with E-state index in [-0.39, 0.29) is 6.61 Å². The second kappa shape index (κ2) is 3.54. The Labute approximate surface area is 64.6 Å². The molecule has 0 aliphatic rings. The van der Waals surface area contributed by atoms with Crippen molar-refractivity contribution < 1.29 is 5.11 Å². The first kappa shape index (κ1) is 7.51. The van der Waals surface area contributed by atoms with Crippen LogP contribution < -0.4 is 0 Å². The summed E-state index contributed by atoms with van der Waals surface area (Å²) in [5, 5.41) is 10.8. The van der Waals surface area contributed by atoms with Crippen molar-refractivity contribution in [1.82, 2.24) is 0 Å². The molecule has 0 saturated heterocycles. The third kappa shape index (κ3) is 1.46. The molecule has 2 heteroatoms. The first-order valence-corrected chi connectivity index (χ1v) is 4.06. The standard InChI is InChI=1S/C8H10OS/c1-2-7(6-9)8-4-3-5-10-8/h2-5,9H,6H2,1H3/b7-2-. The topological polar surface area (TPSA) is 20.2 Å². The Morgan fingerprint density at radius 2 is 2.60 bits per heavy atom. The predicted molar refractivity (Wildman–Crippen MR) is 45.1 cm³/mol. The molecule has 0 aromatic carbocycles. The maximum atomic E-state index is 8.84. The van der Waals surface area contributed by atoms with Crippen LogP contribution >= 0.6 is 11.3 Å². The molecule has 0 fully saturated rings. The van der Waals surface area contributed by atoms with Crippen molar-refractivity contribution in [3.63, 3.8) is 0 Å². The number of rotatable bonds is 2. The minimum atomic E-state index is 0.136. The Kier molecular flexibility index (Phi) is 2.66. The van der Waals surface area contributed by atoms with Crippen LogP contribution in [0.4, 0.5) is 0 Å². The zero-order chi connectivity index (χ0) is 7.40. The molecule has 0 amide bonds. The Balaban J connectivity index is 2.85. The fourth-order valence-electron chi connectivity index (χ4n) is 0.773. The molecule has 10 heavy (non-hydrogen) atoms. The fraction of sp³-hybridized carbons (Fsp3) is 0.250. The first-order valence-electron chi connectivity index (χ1n) is 3.18. The van der Waals surface area contributed by atoms with Crippen molar-refractivity contribution in [3.8, 4) is 0 Å². The van der Waals surface area contributed by atoms with Gasteiger partial charge >= 0.3 is 0 Å². The van der Waals surface area contributed by atoms with Gasteiger partial charge in [0.25, 0.3) is 0 Å². The molecular formula is C8H10OS. The van der Waals surface area contributed by atoms with Crippen LogP contribution in [-0.4, -0.2) is 11.7 Å². The summed E-state index contributed by atoms with van der Waals surface area (Å²) >= 11 is 1.65. The van der Waals surface area contributed by atoms with Gasteiger partial charge in [-0.2, -0.15) is 0 Å². The molecule has 0 saturated carbocycles. The molecule has 1 N–H and O–H groups in total. The molecule has 0 atom stereocenters. The van der Waals surface area contributed by atoms with Crippen LogP contribution in [0.5, 0.6) is 0 Å². The van der Waals surface area contributed by atoms with Crippen molar-refractivity contribution in [3.05, 3.63) is 28.5 Å². The van der Waals surface area contributed by atoms with Gasteiger partial charge in [0.05, 0.1) is 6.61 Å². The molecule has 1 nitrogen and oxygen atoms in total. The predicted octanol–water partition coefficient (Wildman–Crippen LogP) is 2.14. The normalized spacial score (nSPS) is 12.0. The lowest BCUT2D eigenvalue weighted by atomic mass is 10.2. The van der Waals surface area contributed by atoms with Crippen LogP contribution in [0.3, 0.4) is 0 Å². The lowest BCUT2D eigenvalue weighted by Gasteiger charge is -1.96. The average molecular weight is 154 g/mol. The third-order valence-electron chi connectivity index (χ3n) is 1.36. The molecule has 0 radical (unpaired) electrons. The van der Waals surface area contributed by atoms with Crippen LogP contribution in [0.15, 0.2) is 23.6 Å². The minimum Gasteiger partial charge on any atom is -0.392 e. The monoisotopic (exact) mass is 154 g/mol. The molecule has 1 aromatic heterocycles. The van der Waals surface area contributed by atoms with Gasteiger partial charge < -0.3 is 5.11 Å². The van der Waals surface area contributed by atoms with Gasteiger partial charge in [-0.05, 0) is 23.9 Å². The number of thiophene rings is 1. The highest BCUT2D eigenvalue weighted by molar-refractivity contribution is 7.11. The Hall–Kier alpha value is -0.600. The summed E-state index contributed by atoms with van der Waals surface area (Å²) in [5.41, 5.74) is 1.01. The van der Waals surface area contributed by atoms with Gasteiger partial charge in [0.2, 0.25) is 0 Å². The van der Waals surface area contributed by atoms with Crippen molar-refractivity contribution in [2.45, 2.75) is 6.92 Å². The number of hydrogen-bond acceptors (Lipinski definition) is 2. The van der Waals surface area contributed by atoms with Gasteiger partial charge in [-0.3, -0.25) is 0 Å². The number of allylic oxidation sites excluding steroid dienone is 1. The maximum Gasteiger partial charge on any atom is 0.0692 e. The summed E-state index contributed by atoms with van der Waals surface area (Å²) in [4.78, 5) is 1.16. The first-order chi connectivity index (χ1) is 4.88. The number of hydrogen-bond donors (Lipinski definition) is 1. The maximum absolute atomic E-state index is 8.84. The second-order valence-corrected chi connectivity index (χ2v) is 2.90. The lowest BCUT2D eigenvalue weighted by molar-refractivity contribution is 0.350. The molecule has 0 aliphatic carbocycles. The molecular weight excluding hydrogens is 144 g/mol. The zero-order valence-electron chi connectivity index (χ0n) is 5.87. The molecule has 1 heterocycles. The van der Waals surface area contributed by atoms with E-state index >= 15 is 0 Å². The van der Waals surface area contributed by atoms with E-state index in [2.05, 4.69) is 0 Å². The van der Waals surface area contributed by atoms with Crippen molar-refractivity contribution >= 4 is 16.9 Å². The number of aliphatic hydroxyl groups excluding tert-OH is 1. The summed E-state index contributed by atoms with van der Waals surface area (Å²) in [6.07, 6.45) is 1.94. The molecule has 54 valence electrons. The van der Waals surface area contributed by atoms with Gasteiger partial charge in [-0.1, -0.05) is 12.1 Å². The van der Waals surface area contributed by atoms with Crippen LogP contribution in [0.1, 0.15) is 11.8 Å². The van der Waals surface area contributed by atoms with Crippen LogP contribution in [0.25, 0.3) is 5.57 Å². The van der Waals surface area contributed by atoms with Gasteiger partial charge in [0.1, 0.15) is 0 Å². The smallest absolute Gasteiger partial charge is 0.0692 e. The van der Waals surface area contributed by atoms with E-state index in [1.165, 1.54) is 0 Å². The van der Waals surface area contributed by atoms with E-state index in [1.807, 2.05) is 30.5 Å². The molecule has 0 aliphatic heterocycles. The summed E-state index contributed by atoms with van der Waals surface area (Å²) < 4.78 is 0. The quantitative estimate of drug-likeness (QED) is 0.692. The zero-order valence-corrected chi connectivity index (χ0v) is 6.69. The van der Waals surface area contributed by atoms with Crippen molar-refractivity contribution in [1.29, 1.82) is 0 Å². The fourth-order valence-corrected chi connectivity index (χ4v) is 1.57. The van der Waals surface area contributed by atoms with Crippen LogP contribution in [0, 0.1) is 0 Å². The summed E-state index contributed by atoms with van der Waals surface area (Å²) in [5.74, 6) is 0. The van der Waals surface area contributed by atoms with Crippen LogP contribution in [0.2, 0.25) is 0 Å². The van der Waals surface area contributed by atoms with E-state index in [0.717, 1.165) is 10.5 Å². The van der Waals surface area contributed by atoms with E-state index < -0.39 is 0 Å². The summed E-state index contributed by atoms with van der Waals surface area (Å²) in [7, 11) is 0. The number of aliphatic hydroxyl groups is 1. The molecule has 1 aromatic rings. The third-order valence-corrected chi connectivity index (χ3v) is 2.30. The van der Waals surface area contributed by atoms with E-state index in [4.69, 9.17) is 5.11 Å². The Morgan fingerprint density at radius 3 is 3.00 bits per heavy atom. The highest BCUT2D eigenvalue weighted by Gasteiger charge is 1.97.